The summed E-state index contributed by atoms with van der Waals surface area (Å²) in [5.74, 6) is 2.36. The molecule has 1 aromatic rings. The summed E-state index contributed by atoms with van der Waals surface area (Å²) >= 11 is 8.31. The largest absolute Gasteiger partial charge is 0.380 e. The zero-order valence-electron chi connectivity index (χ0n) is 11.8. The van der Waals surface area contributed by atoms with Crippen LogP contribution in [0.1, 0.15) is 25.8 Å². The number of halogens is 1. The van der Waals surface area contributed by atoms with Gasteiger partial charge in [0.05, 0.1) is 17.1 Å². The Labute approximate surface area is 128 Å². The number of fused-ring (bicyclic) bond motifs is 1. The molecular weight excluding hydrogens is 292 g/mol. The van der Waals surface area contributed by atoms with Crippen LogP contribution >= 0.6 is 23.4 Å². The van der Waals surface area contributed by atoms with Crippen molar-refractivity contribution in [1.82, 2.24) is 0 Å². The lowest BCUT2D eigenvalue weighted by molar-refractivity contribution is -0.115. The van der Waals surface area contributed by atoms with Crippen molar-refractivity contribution in [2.24, 2.45) is 5.41 Å². The molecule has 0 radical (unpaired) electrons. The third kappa shape index (κ3) is 2.91. The van der Waals surface area contributed by atoms with Crippen LogP contribution in [0.4, 0.5) is 11.4 Å². The van der Waals surface area contributed by atoms with Gasteiger partial charge in [0.15, 0.2) is 0 Å². The van der Waals surface area contributed by atoms with Crippen LogP contribution in [0.2, 0.25) is 5.02 Å². The fourth-order valence-electron chi connectivity index (χ4n) is 2.93. The van der Waals surface area contributed by atoms with Crippen LogP contribution in [-0.4, -0.2) is 23.5 Å². The highest BCUT2D eigenvalue weighted by Crippen LogP contribution is 2.37. The Morgan fingerprint density at radius 2 is 2.25 bits per heavy atom. The molecule has 0 aliphatic carbocycles. The van der Waals surface area contributed by atoms with Crippen LogP contribution in [0.15, 0.2) is 12.1 Å². The molecule has 1 amide bonds. The first-order valence-electron chi connectivity index (χ1n) is 6.89. The van der Waals surface area contributed by atoms with Crippen molar-refractivity contribution in [1.29, 1.82) is 0 Å². The minimum Gasteiger partial charge on any atom is -0.380 e. The van der Waals surface area contributed by atoms with Crippen LogP contribution in [0.3, 0.4) is 0 Å². The summed E-state index contributed by atoms with van der Waals surface area (Å²) in [4.78, 5) is 11.4. The van der Waals surface area contributed by atoms with E-state index in [9.17, 15) is 4.79 Å². The van der Waals surface area contributed by atoms with Crippen molar-refractivity contribution in [2.45, 2.75) is 32.7 Å². The van der Waals surface area contributed by atoms with E-state index in [1.54, 1.807) is 0 Å². The van der Waals surface area contributed by atoms with Gasteiger partial charge in [0.25, 0.3) is 0 Å². The summed E-state index contributed by atoms with van der Waals surface area (Å²) in [6.45, 7) is 4.61. The lowest BCUT2D eigenvalue weighted by Crippen LogP contribution is -2.35. The Morgan fingerprint density at radius 3 is 3.00 bits per heavy atom. The van der Waals surface area contributed by atoms with Gasteiger partial charge in [-0.15, -0.1) is 0 Å². The van der Waals surface area contributed by atoms with E-state index in [4.69, 9.17) is 11.6 Å². The second kappa shape index (κ2) is 5.15. The first kappa shape index (κ1) is 14.1. The van der Waals surface area contributed by atoms with E-state index >= 15 is 0 Å². The highest BCUT2D eigenvalue weighted by molar-refractivity contribution is 7.99. The molecule has 2 N–H and O–H groups in total. The van der Waals surface area contributed by atoms with E-state index in [-0.39, 0.29) is 5.91 Å². The van der Waals surface area contributed by atoms with Gasteiger partial charge in [-0.2, -0.15) is 11.8 Å². The molecule has 2 heterocycles. The number of anilines is 2. The van der Waals surface area contributed by atoms with Crippen molar-refractivity contribution in [3.8, 4) is 0 Å². The van der Waals surface area contributed by atoms with Crippen LogP contribution in [0.5, 0.6) is 0 Å². The number of rotatable bonds is 2. The maximum absolute atomic E-state index is 11.4. The fraction of sp³-hybridized carbons (Fsp3) is 0.533. The third-order valence-electron chi connectivity index (χ3n) is 3.79. The molecular formula is C15H19ClN2OS. The number of hydrogen-bond donors (Lipinski definition) is 2. The number of carbonyl (C=O) groups is 1. The molecule has 0 bridgehead atoms. The van der Waals surface area contributed by atoms with E-state index in [1.165, 1.54) is 5.75 Å². The summed E-state index contributed by atoms with van der Waals surface area (Å²) in [6, 6.07) is 4.30. The zero-order valence-corrected chi connectivity index (χ0v) is 13.3. The molecule has 3 nitrogen and oxygen atoms in total. The molecule has 1 saturated heterocycles. The maximum Gasteiger partial charge on any atom is 0.228 e. The Morgan fingerprint density at radius 1 is 1.45 bits per heavy atom. The van der Waals surface area contributed by atoms with Gasteiger partial charge in [-0.1, -0.05) is 25.4 Å². The number of nitrogens with one attached hydrogen (secondary N) is 2. The topological polar surface area (TPSA) is 41.1 Å². The van der Waals surface area contributed by atoms with Crippen molar-refractivity contribution in [2.75, 3.05) is 22.1 Å². The predicted molar refractivity (Wildman–Crippen MR) is 86.9 cm³/mol. The van der Waals surface area contributed by atoms with Gasteiger partial charge >= 0.3 is 0 Å². The van der Waals surface area contributed by atoms with Crippen molar-refractivity contribution in [3.05, 3.63) is 22.7 Å². The number of benzene rings is 1. The average Bonchev–Trinajstić information content (AvgIpc) is 2.67. The van der Waals surface area contributed by atoms with E-state index in [0.29, 0.717) is 22.9 Å². The minimum atomic E-state index is 0.0440. The van der Waals surface area contributed by atoms with Crippen molar-refractivity contribution in [3.63, 3.8) is 0 Å². The summed E-state index contributed by atoms with van der Waals surface area (Å²) in [6.07, 6.45) is 1.59. The van der Waals surface area contributed by atoms with E-state index in [0.717, 1.165) is 29.1 Å². The Bertz CT molecular complexity index is 559. The molecule has 3 rings (SSSR count). The van der Waals surface area contributed by atoms with Gasteiger partial charge in [-0.25, -0.2) is 0 Å². The fourth-order valence-corrected chi connectivity index (χ4v) is 4.43. The predicted octanol–water partition coefficient (Wildman–Crippen LogP) is 3.78. The molecule has 20 heavy (non-hydrogen) atoms. The van der Waals surface area contributed by atoms with Crippen LogP contribution < -0.4 is 10.6 Å². The van der Waals surface area contributed by atoms with Gasteiger partial charge in [0.2, 0.25) is 5.91 Å². The van der Waals surface area contributed by atoms with Gasteiger partial charge < -0.3 is 10.6 Å². The third-order valence-corrected chi connectivity index (χ3v) is 5.72. The van der Waals surface area contributed by atoms with Crippen LogP contribution in [0, 0.1) is 5.41 Å². The molecule has 5 heteroatoms. The smallest absolute Gasteiger partial charge is 0.228 e. The first-order valence-corrected chi connectivity index (χ1v) is 8.43. The average molecular weight is 311 g/mol. The molecule has 1 aromatic carbocycles. The summed E-state index contributed by atoms with van der Waals surface area (Å²) < 4.78 is 0. The van der Waals surface area contributed by atoms with E-state index in [2.05, 4.69) is 24.5 Å². The zero-order chi connectivity index (χ0) is 14.3. The summed E-state index contributed by atoms with van der Waals surface area (Å²) in [5.41, 5.74) is 3.19. The van der Waals surface area contributed by atoms with Crippen LogP contribution in [-0.2, 0) is 11.2 Å². The Hall–Kier alpha value is -0.870. The quantitative estimate of drug-likeness (QED) is 0.873. The van der Waals surface area contributed by atoms with Gasteiger partial charge in [-0.05, 0) is 35.3 Å². The second-order valence-electron chi connectivity index (χ2n) is 6.44. The molecule has 1 unspecified atom stereocenters. The van der Waals surface area contributed by atoms with Gasteiger partial charge in [0, 0.05) is 17.5 Å². The highest BCUT2D eigenvalue weighted by Gasteiger charge is 2.29. The molecule has 108 valence electrons. The normalized spacial score (nSPS) is 24.1. The Balaban J connectivity index is 1.78. The number of hydrogen-bond acceptors (Lipinski definition) is 3. The molecule has 2 aliphatic rings. The maximum atomic E-state index is 11.4. The summed E-state index contributed by atoms with van der Waals surface area (Å²) in [5, 5.41) is 7.06. The lowest BCUT2D eigenvalue weighted by atomic mass is 9.87. The van der Waals surface area contributed by atoms with Crippen molar-refractivity contribution >= 4 is 40.6 Å². The molecule has 0 spiro atoms. The molecule has 0 aromatic heterocycles. The van der Waals surface area contributed by atoms with Crippen LogP contribution in [0.25, 0.3) is 0 Å². The minimum absolute atomic E-state index is 0.0440. The van der Waals surface area contributed by atoms with Gasteiger partial charge in [0.1, 0.15) is 0 Å². The lowest BCUT2D eigenvalue weighted by Gasteiger charge is -2.35. The van der Waals surface area contributed by atoms with Crippen molar-refractivity contribution < 1.29 is 4.79 Å². The Kier molecular flexibility index (Phi) is 3.63. The summed E-state index contributed by atoms with van der Waals surface area (Å²) in [7, 11) is 0. The first-order chi connectivity index (χ1) is 9.43. The molecule has 1 atom stereocenters. The molecule has 0 saturated carbocycles. The monoisotopic (exact) mass is 310 g/mol. The van der Waals surface area contributed by atoms with E-state index < -0.39 is 0 Å². The molecule has 1 fully saturated rings. The SMILES string of the molecule is CC1(C)CSCC(Nc2cc3c(cc2Cl)NC(=O)C3)C1. The number of thioether (sulfide) groups is 1. The number of carbonyl (C=O) groups excluding carboxylic acids is 1. The highest BCUT2D eigenvalue weighted by atomic mass is 35.5. The molecule has 2 aliphatic heterocycles. The standard InChI is InChI=1S/C15H19ClN2OS/c1-15(2)6-10(7-20-8-15)17-13-3-9-4-14(19)18-12(9)5-11(13)16/h3,5,10,17H,4,6-8H2,1-2H3,(H,18,19). The second-order valence-corrected chi connectivity index (χ2v) is 7.88. The van der Waals surface area contributed by atoms with E-state index in [1.807, 2.05) is 23.9 Å². The number of amides is 1. The van der Waals surface area contributed by atoms with Gasteiger partial charge in [-0.3, -0.25) is 4.79 Å².